The Morgan fingerprint density at radius 1 is 1.40 bits per heavy atom. The Kier molecular flexibility index (Phi) is 1.55. The molecule has 1 aromatic rings. The number of carbonyl (C=O) groups is 1. The van der Waals surface area contributed by atoms with Gasteiger partial charge < -0.3 is 4.74 Å². The normalized spacial score (nSPS) is 32.7. The number of nitrogens with zero attached hydrogens (tertiary/aromatic N) is 1. The van der Waals surface area contributed by atoms with Crippen LogP contribution in [0, 0.1) is 0 Å². The highest BCUT2D eigenvalue weighted by molar-refractivity contribution is 6.02. The molecule has 76 valence electrons. The minimum absolute atomic E-state index is 0.186. The lowest BCUT2D eigenvalue weighted by atomic mass is 10.1. The van der Waals surface area contributed by atoms with Gasteiger partial charge in [0, 0.05) is 12.8 Å². The van der Waals surface area contributed by atoms with Crippen molar-refractivity contribution in [3.63, 3.8) is 0 Å². The van der Waals surface area contributed by atoms with Crippen LogP contribution < -0.4 is 0 Å². The molecular weight excluding hydrogens is 190 g/mol. The second-order valence-electron chi connectivity index (χ2n) is 4.11. The lowest BCUT2D eigenvalue weighted by molar-refractivity contribution is -0.136. The average Bonchev–Trinajstić information content (AvgIpc) is 2.87. The zero-order valence-electron chi connectivity index (χ0n) is 8.43. The number of hydrogen-bond donors (Lipinski definition) is 0. The lowest BCUT2D eigenvalue weighted by Crippen LogP contribution is -2.18. The van der Waals surface area contributed by atoms with E-state index in [1.807, 2.05) is 30.3 Å². The molecule has 0 aromatic heterocycles. The number of rotatable bonds is 1. The molecule has 2 atom stereocenters. The first-order chi connectivity index (χ1) is 7.22. The number of aliphatic imine (C=N–C) groups is 1. The second kappa shape index (κ2) is 2.69. The van der Waals surface area contributed by atoms with Crippen molar-refractivity contribution < 1.29 is 9.53 Å². The van der Waals surface area contributed by atoms with E-state index in [1.165, 1.54) is 5.56 Å². The molecule has 2 aliphatic rings. The fourth-order valence-electron chi connectivity index (χ4n) is 2.25. The van der Waals surface area contributed by atoms with Gasteiger partial charge in [-0.05, 0) is 12.0 Å². The van der Waals surface area contributed by atoms with Crippen molar-refractivity contribution in [2.75, 3.05) is 0 Å². The smallest absolute Gasteiger partial charge is 0.341 e. The predicted molar refractivity (Wildman–Crippen MR) is 55.7 cm³/mol. The Hall–Kier alpha value is -1.64. The fourth-order valence-corrected chi connectivity index (χ4v) is 2.25. The van der Waals surface area contributed by atoms with Crippen LogP contribution in [-0.2, 0) is 9.53 Å². The second-order valence-corrected chi connectivity index (χ2v) is 4.11. The predicted octanol–water partition coefficient (Wildman–Crippen LogP) is 1.89. The van der Waals surface area contributed by atoms with Crippen molar-refractivity contribution in [3.05, 3.63) is 35.9 Å². The number of benzene rings is 1. The van der Waals surface area contributed by atoms with E-state index in [0.717, 1.165) is 6.42 Å². The van der Waals surface area contributed by atoms with Crippen molar-refractivity contribution in [1.29, 1.82) is 0 Å². The third-order valence-electron chi connectivity index (χ3n) is 3.08. The lowest BCUT2D eigenvalue weighted by Gasteiger charge is -2.01. The van der Waals surface area contributed by atoms with Gasteiger partial charge in [-0.2, -0.15) is 0 Å². The van der Waals surface area contributed by atoms with E-state index in [2.05, 4.69) is 4.99 Å². The zero-order valence-corrected chi connectivity index (χ0v) is 8.43. The number of esters is 1. The number of hydrogen-bond acceptors (Lipinski definition) is 3. The first-order valence-corrected chi connectivity index (χ1v) is 5.06. The summed E-state index contributed by atoms with van der Waals surface area (Å²) in [6.45, 7) is 1.73. The molecule has 1 fully saturated rings. The molecule has 15 heavy (non-hydrogen) atoms. The van der Waals surface area contributed by atoms with Crippen molar-refractivity contribution in [2.24, 2.45) is 4.99 Å². The molecule has 1 heterocycles. The molecule has 0 bridgehead atoms. The summed E-state index contributed by atoms with van der Waals surface area (Å²) in [7, 11) is 0. The monoisotopic (exact) mass is 201 g/mol. The van der Waals surface area contributed by atoms with Crippen LogP contribution in [0.4, 0.5) is 0 Å². The van der Waals surface area contributed by atoms with Gasteiger partial charge in [0.05, 0.1) is 0 Å². The minimum atomic E-state index is -0.578. The molecule has 0 amide bonds. The summed E-state index contributed by atoms with van der Waals surface area (Å²) in [4.78, 5) is 15.9. The molecule has 0 N–H and O–H groups in total. The van der Waals surface area contributed by atoms with Crippen molar-refractivity contribution in [3.8, 4) is 0 Å². The van der Waals surface area contributed by atoms with E-state index in [4.69, 9.17) is 4.74 Å². The van der Waals surface area contributed by atoms with Crippen LogP contribution in [0.25, 0.3) is 0 Å². The van der Waals surface area contributed by atoms with E-state index in [0.29, 0.717) is 5.90 Å². The van der Waals surface area contributed by atoms with E-state index >= 15 is 0 Å². The first kappa shape index (κ1) is 8.65. The van der Waals surface area contributed by atoms with Crippen molar-refractivity contribution in [1.82, 2.24) is 0 Å². The van der Waals surface area contributed by atoms with E-state index < -0.39 is 5.54 Å². The number of ether oxygens (including phenoxy) is 1. The molecule has 0 radical (unpaired) electrons. The van der Waals surface area contributed by atoms with Gasteiger partial charge in [-0.25, -0.2) is 9.79 Å². The van der Waals surface area contributed by atoms with Crippen LogP contribution in [0.1, 0.15) is 24.8 Å². The fraction of sp³-hybridized carbons (Fsp3) is 0.333. The van der Waals surface area contributed by atoms with Gasteiger partial charge in [0.15, 0.2) is 11.4 Å². The summed E-state index contributed by atoms with van der Waals surface area (Å²) < 4.78 is 5.00. The quantitative estimate of drug-likeness (QED) is 0.651. The van der Waals surface area contributed by atoms with Crippen LogP contribution in [0.5, 0.6) is 0 Å². The Labute approximate surface area is 87.8 Å². The SMILES string of the molecule is CC1=NC2(C[C@@H]2c2ccccc2)C(=O)O1. The highest BCUT2D eigenvalue weighted by Crippen LogP contribution is 2.57. The standard InChI is InChI=1S/C12H11NO2/c1-8-13-12(11(14)15-8)7-10(12)9-5-3-2-4-6-9/h2-6,10H,7H2,1H3/t10-,12?/m1/s1. The summed E-state index contributed by atoms with van der Waals surface area (Å²) in [6.07, 6.45) is 0.785. The van der Waals surface area contributed by atoms with Crippen LogP contribution >= 0.6 is 0 Å². The van der Waals surface area contributed by atoms with Gasteiger partial charge in [-0.15, -0.1) is 0 Å². The summed E-state index contributed by atoms with van der Waals surface area (Å²) in [5.41, 5.74) is 0.596. The molecule has 1 aliphatic carbocycles. The number of cyclic esters (lactones) is 1. The highest BCUT2D eigenvalue weighted by Gasteiger charge is 2.65. The maximum Gasteiger partial charge on any atom is 0.341 e. The molecule has 0 saturated heterocycles. The Morgan fingerprint density at radius 3 is 2.73 bits per heavy atom. The molecule has 1 aliphatic heterocycles. The Morgan fingerprint density at radius 2 is 2.13 bits per heavy atom. The highest BCUT2D eigenvalue weighted by atomic mass is 16.6. The summed E-state index contributed by atoms with van der Waals surface area (Å²) in [6, 6.07) is 10.0. The average molecular weight is 201 g/mol. The van der Waals surface area contributed by atoms with Crippen LogP contribution in [0.3, 0.4) is 0 Å². The van der Waals surface area contributed by atoms with Gasteiger partial charge in [-0.1, -0.05) is 30.3 Å². The van der Waals surface area contributed by atoms with E-state index in [1.54, 1.807) is 6.92 Å². The summed E-state index contributed by atoms with van der Waals surface area (Å²) in [5.74, 6) is 0.524. The van der Waals surface area contributed by atoms with Crippen LogP contribution in [0.15, 0.2) is 35.3 Å². The molecule has 3 rings (SSSR count). The van der Waals surface area contributed by atoms with Crippen molar-refractivity contribution in [2.45, 2.75) is 24.8 Å². The first-order valence-electron chi connectivity index (χ1n) is 5.06. The molecule has 1 saturated carbocycles. The Bertz CT molecular complexity index is 452. The third-order valence-corrected chi connectivity index (χ3v) is 3.08. The summed E-state index contributed by atoms with van der Waals surface area (Å²) >= 11 is 0. The Balaban J connectivity index is 1.93. The van der Waals surface area contributed by atoms with E-state index in [9.17, 15) is 4.79 Å². The van der Waals surface area contributed by atoms with Gasteiger partial charge in [0.2, 0.25) is 0 Å². The van der Waals surface area contributed by atoms with Gasteiger partial charge in [0.25, 0.3) is 0 Å². The van der Waals surface area contributed by atoms with Crippen LogP contribution in [0.2, 0.25) is 0 Å². The molecular formula is C12H11NO2. The van der Waals surface area contributed by atoms with Crippen molar-refractivity contribution >= 4 is 11.9 Å². The van der Waals surface area contributed by atoms with Crippen LogP contribution in [-0.4, -0.2) is 17.4 Å². The number of carbonyl (C=O) groups excluding carboxylic acids is 1. The van der Waals surface area contributed by atoms with E-state index in [-0.39, 0.29) is 11.9 Å². The molecule has 1 spiro atoms. The molecule has 1 unspecified atom stereocenters. The molecule has 3 heteroatoms. The topological polar surface area (TPSA) is 38.7 Å². The summed E-state index contributed by atoms with van der Waals surface area (Å²) in [5, 5.41) is 0. The maximum absolute atomic E-state index is 11.6. The van der Waals surface area contributed by atoms with Gasteiger partial charge in [-0.3, -0.25) is 0 Å². The van der Waals surface area contributed by atoms with Gasteiger partial charge in [0.1, 0.15) is 0 Å². The third kappa shape index (κ3) is 1.12. The molecule has 3 nitrogen and oxygen atoms in total. The largest absolute Gasteiger partial charge is 0.410 e. The minimum Gasteiger partial charge on any atom is -0.410 e. The maximum atomic E-state index is 11.6. The molecule has 1 aromatic carbocycles. The van der Waals surface area contributed by atoms with Gasteiger partial charge >= 0.3 is 5.97 Å². The zero-order chi connectivity index (χ0) is 10.5.